The van der Waals surface area contributed by atoms with E-state index in [-0.39, 0.29) is 6.10 Å². The molecule has 0 amide bonds. The molecular formula is C11H22N4O. The van der Waals surface area contributed by atoms with Crippen molar-refractivity contribution in [1.82, 2.24) is 15.1 Å². The van der Waals surface area contributed by atoms with E-state index < -0.39 is 0 Å². The lowest BCUT2D eigenvalue weighted by Gasteiger charge is -2.14. The summed E-state index contributed by atoms with van der Waals surface area (Å²) in [7, 11) is 4.11. The van der Waals surface area contributed by atoms with Crippen molar-refractivity contribution >= 4 is 5.82 Å². The largest absolute Gasteiger partial charge is 0.384 e. The Balaban J connectivity index is 2.38. The van der Waals surface area contributed by atoms with Crippen molar-refractivity contribution in [2.75, 3.05) is 33.0 Å². The highest BCUT2D eigenvalue weighted by Gasteiger charge is 2.15. The van der Waals surface area contributed by atoms with Gasteiger partial charge in [-0.3, -0.25) is 5.10 Å². The van der Waals surface area contributed by atoms with E-state index >= 15 is 0 Å². The summed E-state index contributed by atoms with van der Waals surface area (Å²) in [4.78, 5) is 2.14. The molecule has 0 spiro atoms. The lowest BCUT2D eigenvalue weighted by molar-refractivity contribution is 0.0608. The summed E-state index contributed by atoms with van der Waals surface area (Å²) < 4.78 is 5.73. The highest BCUT2D eigenvalue weighted by molar-refractivity contribution is 5.42. The molecule has 5 heteroatoms. The van der Waals surface area contributed by atoms with Gasteiger partial charge in [0.25, 0.3) is 0 Å². The van der Waals surface area contributed by atoms with Crippen LogP contribution in [0.4, 0.5) is 5.82 Å². The molecule has 0 radical (unpaired) electrons. The number of rotatable bonds is 6. The monoisotopic (exact) mass is 226 g/mol. The summed E-state index contributed by atoms with van der Waals surface area (Å²) >= 11 is 0. The number of anilines is 1. The van der Waals surface area contributed by atoms with Crippen LogP contribution >= 0.6 is 0 Å². The molecule has 1 aromatic rings. The van der Waals surface area contributed by atoms with Gasteiger partial charge in [0.2, 0.25) is 0 Å². The lowest BCUT2D eigenvalue weighted by Crippen LogP contribution is -2.15. The molecule has 16 heavy (non-hydrogen) atoms. The van der Waals surface area contributed by atoms with E-state index in [4.69, 9.17) is 10.5 Å². The van der Waals surface area contributed by atoms with Gasteiger partial charge in [-0.25, -0.2) is 0 Å². The molecule has 5 nitrogen and oxygen atoms in total. The van der Waals surface area contributed by atoms with Gasteiger partial charge in [-0.2, -0.15) is 5.10 Å². The first kappa shape index (κ1) is 13.0. The van der Waals surface area contributed by atoms with Crippen molar-refractivity contribution in [3.63, 3.8) is 0 Å². The summed E-state index contributed by atoms with van der Waals surface area (Å²) in [5.41, 5.74) is 7.68. The quantitative estimate of drug-likeness (QED) is 0.718. The highest BCUT2D eigenvalue weighted by Crippen LogP contribution is 2.24. The van der Waals surface area contributed by atoms with Gasteiger partial charge in [-0.15, -0.1) is 0 Å². The smallest absolute Gasteiger partial charge is 0.124 e. The van der Waals surface area contributed by atoms with Crippen molar-refractivity contribution in [1.29, 1.82) is 0 Å². The normalized spacial score (nSPS) is 13.3. The molecule has 0 saturated carbocycles. The van der Waals surface area contributed by atoms with E-state index in [1.807, 2.05) is 13.8 Å². The van der Waals surface area contributed by atoms with Crippen molar-refractivity contribution < 1.29 is 4.74 Å². The number of H-pyrrole nitrogens is 1. The average molecular weight is 226 g/mol. The molecule has 1 unspecified atom stereocenters. The number of ether oxygens (including phenoxy) is 1. The van der Waals surface area contributed by atoms with Gasteiger partial charge in [0, 0.05) is 12.2 Å². The van der Waals surface area contributed by atoms with E-state index in [1.54, 1.807) is 0 Å². The number of hydrogen-bond acceptors (Lipinski definition) is 4. The fourth-order valence-electron chi connectivity index (χ4n) is 1.70. The van der Waals surface area contributed by atoms with Gasteiger partial charge in [0.15, 0.2) is 0 Å². The maximum absolute atomic E-state index is 5.79. The van der Waals surface area contributed by atoms with Crippen molar-refractivity contribution in [3.8, 4) is 0 Å². The van der Waals surface area contributed by atoms with E-state index in [2.05, 4.69) is 29.2 Å². The molecule has 0 fully saturated rings. The number of aromatic nitrogens is 2. The van der Waals surface area contributed by atoms with Crippen molar-refractivity contribution in [2.24, 2.45) is 0 Å². The maximum atomic E-state index is 5.79. The second kappa shape index (κ2) is 5.86. The molecule has 0 aliphatic rings. The van der Waals surface area contributed by atoms with Crippen molar-refractivity contribution in [2.45, 2.75) is 26.4 Å². The standard InChI is InChI=1S/C11H22N4O/c1-8-10(11(12)14-13-8)9(2)16-7-5-6-15(3)4/h9H,5-7H2,1-4H3,(H3,12,13,14). The Morgan fingerprint density at radius 2 is 2.19 bits per heavy atom. The number of hydrogen-bond donors (Lipinski definition) is 2. The molecule has 1 rings (SSSR count). The molecule has 0 saturated heterocycles. The Morgan fingerprint density at radius 1 is 1.50 bits per heavy atom. The molecule has 92 valence electrons. The molecule has 1 aromatic heterocycles. The maximum Gasteiger partial charge on any atom is 0.124 e. The van der Waals surface area contributed by atoms with Crippen LogP contribution in [-0.2, 0) is 4.74 Å². The third-order valence-corrected chi connectivity index (χ3v) is 2.55. The zero-order valence-electron chi connectivity index (χ0n) is 10.6. The predicted octanol–water partition coefficient (Wildman–Crippen LogP) is 1.33. The van der Waals surface area contributed by atoms with E-state index in [9.17, 15) is 0 Å². The van der Waals surface area contributed by atoms with E-state index in [0.29, 0.717) is 5.82 Å². The first-order valence-corrected chi connectivity index (χ1v) is 5.59. The number of nitrogen functional groups attached to an aromatic ring is 1. The number of nitrogens with one attached hydrogen (secondary N) is 1. The molecular weight excluding hydrogens is 204 g/mol. The molecule has 0 aliphatic carbocycles. The Kier molecular flexibility index (Phi) is 4.76. The fourth-order valence-corrected chi connectivity index (χ4v) is 1.70. The van der Waals surface area contributed by atoms with Crippen LogP contribution in [0.2, 0.25) is 0 Å². The predicted molar refractivity (Wildman–Crippen MR) is 65.3 cm³/mol. The van der Waals surface area contributed by atoms with Gasteiger partial charge in [-0.1, -0.05) is 0 Å². The zero-order chi connectivity index (χ0) is 12.1. The van der Waals surface area contributed by atoms with Crippen LogP contribution in [0.15, 0.2) is 0 Å². The summed E-state index contributed by atoms with van der Waals surface area (Å²) in [6, 6.07) is 0. The van der Waals surface area contributed by atoms with E-state index in [1.165, 1.54) is 0 Å². The van der Waals surface area contributed by atoms with Gasteiger partial charge >= 0.3 is 0 Å². The van der Waals surface area contributed by atoms with Crippen LogP contribution in [0, 0.1) is 6.92 Å². The molecule has 0 aliphatic heterocycles. The number of nitrogens with zero attached hydrogens (tertiary/aromatic N) is 2. The number of aryl methyl sites for hydroxylation is 1. The Morgan fingerprint density at radius 3 is 2.69 bits per heavy atom. The minimum atomic E-state index is 0.000845. The topological polar surface area (TPSA) is 67.2 Å². The third kappa shape index (κ3) is 3.50. The van der Waals surface area contributed by atoms with Crippen LogP contribution in [0.3, 0.4) is 0 Å². The Hall–Kier alpha value is -1.07. The van der Waals surface area contributed by atoms with Gasteiger partial charge < -0.3 is 15.4 Å². The van der Waals surface area contributed by atoms with Crippen LogP contribution in [0.1, 0.15) is 30.7 Å². The van der Waals surface area contributed by atoms with Crippen molar-refractivity contribution in [3.05, 3.63) is 11.3 Å². The van der Waals surface area contributed by atoms with Crippen LogP contribution in [-0.4, -0.2) is 42.3 Å². The second-order valence-electron chi connectivity index (χ2n) is 4.31. The van der Waals surface area contributed by atoms with Gasteiger partial charge in [0.05, 0.1) is 11.8 Å². The SMILES string of the molecule is Cc1n[nH]c(N)c1C(C)OCCCN(C)C. The zero-order valence-corrected chi connectivity index (χ0v) is 10.6. The minimum absolute atomic E-state index is 0.000845. The summed E-state index contributed by atoms with van der Waals surface area (Å²) in [6.45, 7) is 5.71. The van der Waals surface area contributed by atoms with Crippen LogP contribution in [0.25, 0.3) is 0 Å². The first-order chi connectivity index (χ1) is 7.52. The molecule has 1 heterocycles. The van der Waals surface area contributed by atoms with Gasteiger partial charge in [-0.05, 0) is 40.9 Å². The lowest BCUT2D eigenvalue weighted by atomic mass is 10.1. The number of nitrogens with two attached hydrogens (primary N) is 1. The Labute approximate surface area is 97.0 Å². The highest BCUT2D eigenvalue weighted by atomic mass is 16.5. The summed E-state index contributed by atoms with van der Waals surface area (Å²) in [5.74, 6) is 0.609. The number of aromatic amines is 1. The Bertz CT molecular complexity index is 302. The van der Waals surface area contributed by atoms with Gasteiger partial charge in [0.1, 0.15) is 5.82 Å². The molecule has 0 bridgehead atoms. The summed E-state index contributed by atoms with van der Waals surface area (Å²) in [6.07, 6.45) is 1.02. The second-order valence-corrected chi connectivity index (χ2v) is 4.31. The van der Waals surface area contributed by atoms with Crippen LogP contribution < -0.4 is 5.73 Å². The summed E-state index contributed by atoms with van der Waals surface area (Å²) in [5, 5.41) is 6.82. The molecule has 3 N–H and O–H groups in total. The van der Waals surface area contributed by atoms with Crippen LogP contribution in [0.5, 0.6) is 0 Å². The third-order valence-electron chi connectivity index (χ3n) is 2.55. The van der Waals surface area contributed by atoms with E-state index in [0.717, 1.165) is 30.8 Å². The fraction of sp³-hybridized carbons (Fsp3) is 0.727. The average Bonchev–Trinajstić information content (AvgIpc) is 2.53. The molecule has 1 atom stereocenters. The minimum Gasteiger partial charge on any atom is -0.384 e. The first-order valence-electron chi connectivity index (χ1n) is 5.59. The molecule has 0 aromatic carbocycles.